The normalized spacial score (nSPS) is 27.6. The van der Waals surface area contributed by atoms with Gasteiger partial charge in [0.05, 0.1) is 41.3 Å². The monoisotopic (exact) mass is 2020 g/mol. The molecule has 23 atom stereocenters. The first kappa shape index (κ1) is 105. The van der Waals surface area contributed by atoms with E-state index in [0.717, 1.165) is 102 Å². The number of aromatic nitrogens is 3. The maximum Gasteiger partial charge on any atom is 0.573 e. The molecule has 0 spiro atoms. The van der Waals surface area contributed by atoms with E-state index in [0.29, 0.717) is 5.56 Å². The Hall–Kier alpha value is -13.1. The van der Waals surface area contributed by atoms with Crippen molar-refractivity contribution in [3.05, 3.63) is 199 Å². The SMILES string of the molecule is CN[C@H](CC(C)C)C(=O)NC1C(=O)N[C@@H](CC(N)=O)C(=O)N[C@H]2C(=O)N[C@H]3C(=O)N[C@H](C(=O)N[C@@H](C(=O)O)c4cc(O)cc(O)c4-c4cc3ccc4O)[C@H](O[C@H]3C[C@](C)(NCc4cccnc4)[C@@H](O)[C@H](C)O3)c3ccc(c(Cl)c3)Oc3cc2cc(c3O[C@@H]2O[C@H](CO)[C@@H](O[C@@H]3O[C@H](CNCCn4ccc(NC(=O)c5ccc(OC(F)(F)F)cc5)nc4=O)[C@H](O)[C@H](O)[C@H]3O)[C@H](O)[C@H]2O)Oc2ccc(cc2Cl)[C@H]1O. The number of primary amides is 1. The van der Waals surface area contributed by atoms with Crippen LogP contribution in [0.25, 0.3) is 11.1 Å². The largest absolute Gasteiger partial charge is 0.573 e. The fourth-order valence-electron chi connectivity index (χ4n) is 17.1. The van der Waals surface area contributed by atoms with E-state index in [1.54, 1.807) is 45.3 Å². The number of carboxylic acids is 1. The summed E-state index contributed by atoms with van der Waals surface area (Å²) in [5, 5.41) is 166. The number of carboxylic acid groups (broad SMARTS) is 1. The number of pyridine rings is 1. The van der Waals surface area contributed by atoms with Gasteiger partial charge in [0.2, 0.25) is 53.4 Å². The first-order valence-electron chi connectivity index (χ1n) is 44.3. The Balaban J connectivity index is 0.869. The van der Waals surface area contributed by atoms with E-state index in [2.05, 4.69) is 67.9 Å². The van der Waals surface area contributed by atoms with Gasteiger partial charge in [0.25, 0.3) is 5.91 Å². The average Bonchev–Trinajstić information content (AvgIpc) is 0.744. The second-order valence-electron chi connectivity index (χ2n) is 35.0. The second-order valence-corrected chi connectivity index (χ2v) is 35.8. The molecule has 16 rings (SSSR count). The zero-order chi connectivity index (χ0) is 103. The fourth-order valence-corrected chi connectivity index (χ4v) is 17.5. The molecule has 11 bridgehead atoms. The minimum Gasteiger partial charge on any atom is -0.508 e. The second kappa shape index (κ2) is 44.2. The van der Waals surface area contributed by atoms with Crippen LogP contribution in [0, 0.1) is 5.92 Å². The van der Waals surface area contributed by atoms with Crippen molar-refractivity contribution in [1.29, 1.82) is 0 Å². The van der Waals surface area contributed by atoms with Crippen molar-refractivity contribution >= 4 is 82.2 Å². The van der Waals surface area contributed by atoms with Crippen molar-refractivity contribution < 1.29 is 160 Å². The van der Waals surface area contributed by atoms with Crippen LogP contribution in [-0.2, 0) is 75.1 Å². The van der Waals surface area contributed by atoms with Gasteiger partial charge in [-0.2, -0.15) is 4.98 Å². The van der Waals surface area contributed by atoms with Crippen LogP contribution >= 0.6 is 23.2 Å². The molecule has 8 aromatic rings. The number of fused-ring (bicyclic) bond motifs is 15. The highest BCUT2D eigenvalue weighted by atomic mass is 35.5. The molecule has 24 N–H and O–H groups in total. The number of rotatable bonds is 26. The molecule has 0 radical (unpaired) electrons. The molecule has 8 aliphatic rings. The number of likely N-dealkylation sites (N-methyl/N-ethyl adjacent to an activating group) is 1. The molecular formula is C92H101Cl2F3N14O31. The van der Waals surface area contributed by atoms with Crippen LogP contribution in [-0.4, -0.2) is 272 Å². The first-order chi connectivity index (χ1) is 67.3. The van der Waals surface area contributed by atoms with E-state index in [1.807, 2.05) is 0 Å². The molecule has 0 aliphatic carbocycles. The van der Waals surface area contributed by atoms with Gasteiger partial charge in [-0.25, -0.2) is 9.59 Å². The van der Waals surface area contributed by atoms with E-state index < -0.39 is 314 Å². The summed E-state index contributed by atoms with van der Waals surface area (Å²) in [6.07, 6.45) is -31.1. The maximum absolute atomic E-state index is 16.6. The lowest BCUT2D eigenvalue weighted by Gasteiger charge is -2.47. The molecule has 8 amide bonds. The van der Waals surface area contributed by atoms with E-state index in [1.165, 1.54) is 32.3 Å². The number of aliphatic hydroxyl groups is 8. The van der Waals surface area contributed by atoms with Crippen molar-refractivity contribution in [2.24, 2.45) is 11.7 Å². The van der Waals surface area contributed by atoms with Crippen molar-refractivity contribution in [2.75, 3.05) is 32.1 Å². The number of carbonyl (C=O) groups excluding carboxylic acids is 8. The number of hydrogen-bond donors (Lipinski definition) is 23. The van der Waals surface area contributed by atoms with Gasteiger partial charge in [0.15, 0.2) is 30.1 Å². The molecule has 142 heavy (non-hydrogen) atoms. The smallest absolute Gasteiger partial charge is 0.508 e. The lowest BCUT2D eigenvalue weighted by Crippen LogP contribution is -2.65. The number of carbonyl (C=O) groups is 9. The minimum atomic E-state index is -4.99. The molecule has 0 saturated carbocycles. The van der Waals surface area contributed by atoms with Gasteiger partial charge in [-0.3, -0.25) is 47.9 Å². The molecule has 8 aliphatic heterocycles. The van der Waals surface area contributed by atoms with Crippen LogP contribution in [0.3, 0.4) is 0 Å². The summed E-state index contributed by atoms with van der Waals surface area (Å²) in [6.45, 7) is 4.95. The number of aromatic hydroxyl groups is 3. The zero-order valence-corrected chi connectivity index (χ0v) is 77.2. The summed E-state index contributed by atoms with van der Waals surface area (Å²) in [5.41, 5.74) is 0.943. The van der Waals surface area contributed by atoms with Crippen LogP contribution < -0.4 is 83.5 Å². The Morgan fingerprint density at radius 1 is 0.697 bits per heavy atom. The number of nitrogens with two attached hydrogens (primary N) is 1. The summed E-state index contributed by atoms with van der Waals surface area (Å²) in [4.78, 5) is 156. The average molecular weight is 2030 g/mol. The summed E-state index contributed by atoms with van der Waals surface area (Å²) in [7, 11) is 1.44. The van der Waals surface area contributed by atoms with Gasteiger partial charge < -0.3 is 163 Å². The number of ether oxygens (including phenoxy) is 9. The third-order valence-corrected chi connectivity index (χ3v) is 25.0. The first-order valence-corrected chi connectivity index (χ1v) is 45.0. The highest BCUT2D eigenvalue weighted by Gasteiger charge is 2.54. The minimum absolute atomic E-state index is 0.0886. The van der Waals surface area contributed by atoms with Gasteiger partial charge in [-0.15, -0.1) is 13.2 Å². The fraction of sp³-hybridized carbons (Fsp3) is 0.413. The van der Waals surface area contributed by atoms with E-state index in [4.69, 9.17) is 66.8 Å². The number of nitrogens with zero attached hydrogens (tertiary/aromatic N) is 3. The lowest BCUT2D eigenvalue weighted by atomic mass is 9.84. The van der Waals surface area contributed by atoms with Crippen LogP contribution in [0.4, 0.5) is 19.0 Å². The number of phenols is 3. The van der Waals surface area contributed by atoms with E-state index in [9.17, 15) is 98.4 Å². The van der Waals surface area contributed by atoms with Gasteiger partial charge in [0.1, 0.15) is 132 Å². The Bertz CT molecular complexity index is 6110. The number of amides is 8. The number of nitrogens with one attached hydrogen (secondary N) is 10. The molecule has 10 heterocycles. The lowest BCUT2D eigenvalue weighted by molar-refractivity contribution is -0.350. The number of halogens is 5. The third-order valence-electron chi connectivity index (χ3n) is 24.4. The molecule has 760 valence electrons. The molecule has 2 aromatic heterocycles. The zero-order valence-electron chi connectivity index (χ0n) is 75.6. The third kappa shape index (κ3) is 23.9. The molecule has 3 saturated heterocycles. The molecule has 50 heteroatoms. The summed E-state index contributed by atoms with van der Waals surface area (Å²) in [6, 6.07) is 6.98. The number of phenolic OH excluding ortho intramolecular Hbond substituents is 3. The topological polar surface area (TPSA) is 674 Å². The number of aliphatic carboxylic acids is 1. The summed E-state index contributed by atoms with van der Waals surface area (Å²) in [5.74, 6) is -18.9. The quantitative estimate of drug-likeness (QED) is 0.0338. The summed E-state index contributed by atoms with van der Waals surface area (Å²) >= 11 is 14.6. The molecule has 6 aromatic carbocycles. The maximum atomic E-state index is 16.6. The summed E-state index contributed by atoms with van der Waals surface area (Å²) < 4.78 is 94.8. The molecular weight excluding hydrogens is 1920 g/mol. The number of anilines is 1. The Morgan fingerprint density at radius 3 is 1.99 bits per heavy atom. The van der Waals surface area contributed by atoms with Crippen molar-refractivity contribution in [1.82, 2.24) is 62.4 Å². The van der Waals surface area contributed by atoms with Crippen molar-refractivity contribution in [3.8, 4) is 62.9 Å². The number of alkyl halides is 3. The van der Waals surface area contributed by atoms with Gasteiger partial charge >= 0.3 is 18.0 Å². The van der Waals surface area contributed by atoms with Crippen LogP contribution in [0.1, 0.15) is 121 Å². The molecule has 45 nitrogen and oxygen atoms in total. The predicted octanol–water partition coefficient (Wildman–Crippen LogP) is 1.16. The number of aliphatic hydroxyl groups excluding tert-OH is 8. The van der Waals surface area contributed by atoms with E-state index >= 15 is 24.0 Å². The highest BCUT2D eigenvalue weighted by Crippen LogP contribution is 2.51. The van der Waals surface area contributed by atoms with Crippen LogP contribution in [0.15, 0.2) is 145 Å². The van der Waals surface area contributed by atoms with Gasteiger partial charge in [-0.05, 0) is 152 Å². The Labute approximate surface area is 813 Å². The molecule has 3 fully saturated rings. The predicted molar refractivity (Wildman–Crippen MR) is 484 cm³/mol. The highest BCUT2D eigenvalue weighted by molar-refractivity contribution is 6.32. The van der Waals surface area contributed by atoms with Crippen LogP contribution in [0.5, 0.6) is 51.7 Å². The van der Waals surface area contributed by atoms with Crippen molar-refractivity contribution in [3.63, 3.8) is 0 Å². The van der Waals surface area contributed by atoms with Crippen molar-refractivity contribution in [2.45, 2.75) is 206 Å². The Morgan fingerprint density at radius 2 is 1.35 bits per heavy atom. The van der Waals surface area contributed by atoms with Crippen LogP contribution in [0.2, 0.25) is 10.0 Å². The molecule has 1 unspecified atom stereocenters. The van der Waals surface area contributed by atoms with Gasteiger partial charge in [-0.1, -0.05) is 61.3 Å². The van der Waals surface area contributed by atoms with E-state index in [-0.39, 0.29) is 60.9 Å². The van der Waals surface area contributed by atoms with Gasteiger partial charge in [0, 0.05) is 85.0 Å². The Kier molecular flexibility index (Phi) is 32.6. The number of benzene rings is 6. The number of hydrogen-bond acceptors (Lipinski definition) is 35. The standard InChI is InChI=1S/C92H101Cl2F3N14O31/c1-37(2)23-51(99-5)81(125)109-68-70(117)42-11-16-55(49(93)25-42)135-57-27-44-28-58(77(57)140-89-75(122)73(120)78(60(36-112)138-89)141-88-74(121)72(119)71(118)59(137-88)35-101-20-22-111-21-18-62(105-90(111)133)104-80(124)40-8-13-46(14-9-40)142-92(95,96)97)136-56-17-12-43(26-50(56)94)76(139-63-32-91(4,79(123)38(3)134-63)102-34-39-7-6-19-100-33-39)69-86(130)108-67(87(131)132)48-29-45(113)30-54(115)64(48)47-24-41(10-15-53(47)114)65(83(127)110-69)107-84(128)66(44)106-82(126)52(31-61(98)116)103-85(68)129/h6-19,21,24-30,33,37-38,51-52,59-60,63,65-76,78-79,88-89,99,101-102,112-115,117-123H,20,22-23,31-32,34-36H2,1-5H3,(H2,98,116)(H,103,129)(H,106,126)(H,107,128)(H,108,130)(H,109,125)(H,110,127)(H,131,132)(H,104,105,124,133)/t38-,51+,52-,59+,60+,63-,65+,66+,67+,68?,69-,70+,71-,72-,73+,74+,75+,76+,78+,79-,88-,89-,91-/m0/s1.